The second-order valence-electron chi connectivity index (χ2n) is 10.3. The zero-order chi connectivity index (χ0) is 24.5. The average molecular weight is 488 g/mol. The highest BCUT2D eigenvalue weighted by atomic mass is 32.2. The highest BCUT2D eigenvalue weighted by Gasteiger charge is 2.74. The molecule has 34 heavy (non-hydrogen) atoms. The molecular weight excluding hydrogens is 450 g/mol. The summed E-state index contributed by atoms with van der Waals surface area (Å²) in [6.07, 6.45) is 2.99. The summed E-state index contributed by atoms with van der Waals surface area (Å²) in [6.45, 7) is 6.86. The summed E-state index contributed by atoms with van der Waals surface area (Å²) in [5.74, 6) is -1.11. The van der Waals surface area contributed by atoms with Crippen LogP contribution in [0.25, 0.3) is 0 Å². The number of fused-ring (bicyclic) bond motifs is 1. The van der Waals surface area contributed by atoms with Crippen molar-refractivity contribution in [2.75, 3.05) is 13.2 Å². The number of hydrogen-bond acceptors (Lipinski definition) is 5. The van der Waals surface area contributed by atoms with Gasteiger partial charge < -0.3 is 20.6 Å². The van der Waals surface area contributed by atoms with Crippen LogP contribution in [0, 0.1) is 17.8 Å². The predicted octanol–water partition coefficient (Wildman–Crippen LogP) is 2.33. The van der Waals surface area contributed by atoms with Crippen molar-refractivity contribution in [3.05, 3.63) is 35.9 Å². The van der Waals surface area contributed by atoms with Gasteiger partial charge in [0.2, 0.25) is 17.7 Å². The van der Waals surface area contributed by atoms with Crippen LogP contribution in [0.15, 0.2) is 30.3 Å². The Morgan fingerprint density at radius 2 is 1.94 bits per heavy atom. The third kappa shape index (κ3) is 4.35. The van der Waals surface area contributed by atoms with Gasteiger partial charge in [-0.25, -0.2) is 0 Å². The molecule has 3 N–H and O–H groups in total. The van der Waals surface area contributed by atoms with Gasteiger partial charge in [0.15, 0.2) is 0 Å². The van der Waals surface area contributed by atoms with Crippen molar-refractivity contribution in [1.82, 2.24) is 15.5 Å². The number of likely N-dealkylation sites (tertiary alicyclic amines) is 1. The SMILES string of the molecule is CCCNC(=O)[C@@H]1[C@H]2C(=O)N([C@@H](CO)CC(C)C)C(C(=O)NCc3ccccc3)C23CC[C@H]1S3. The number of rotatable bonds is 10. The summed E-state index contributed by atoms with van der Waals surface area (Å²) in [4.78, 5) is 42.5. The standard InChI is InChI=1S/C26H37N3O4S/c1-4-12-27-23(31)20-19-10-11-26(34-19)21(20)25(33)29(18(15-30)13-16(2)3)22(26)24(32)28-14-17-8-6-5-7-9-17/h5-9,16,18-22,30H,4,10-15H2,1-3H3,(H,27,31)(H,28,32)/t18-,19-,20+,21+,22?,26?/m1/s1. The lowest BCUT2D eigenvalue weighted by Crippen LogP contribution is -2.56. The zero-order valence-corrected chi connectivity index (χ0v) is 21.1. The Kier molecular flexibility index (Phi) is 7.57. The van der Waals surface area contributed by atoms with Crippen LogP contribution in [-0.4, -0.2) is 63.0 Å². The van der Waals surface area contributed by atoms with E-state index in [1.54, 1.807) is 16.7 Å². The second kappa shape index (κ2) is 10.3. The number of aliphatic hydroxyl groups is 1. The minimum Gasteiger partial charge on any atom is -0.394 e. The number of benzene rings is 1. The Bertz CT molecular complexity index is 911. The molecule has 2 bridgehead atoms. The summed E-state index contributed by atoms with van der Waals surface area (Å²) in [7, 11) is 0. The molecule has 1 spiro atoms. The van der Waals surface area contributed by atoms with Crippen LogP contribution in [0.3, 0.4) is 0 Å². The van der Waals surface area contributed by atoms with Crippen LogP contribution in [0.4, 0.5) is 0 Å². The van der Waals surface area contributed by atoms with Gasteiger partial charge in [0.25, 0.3) is 0 Å². The average Bonchev–Trinajstić information content (AvgIpc) is 3.47. The van der Waals surface area contributed by atoms with E-state index in [1.165, 1.54) is 0 Å². The van der Waals surface area contributed by atoms with Gasteiger partial charge in [0.1, 0.15) is 6.04 Å². The molecule has 7 nitrogen and oxygen atoms in total. The van der Waals surface area contributed by atoms with E-state index in [0.717, 1.165) is 24.8 Å². The molecule has 2 unspecified atom stereocenters. The molecule has 3 saturated heterocycles. The Hall–Kier alpha value is -2.06. The maximum absolute atomic E-state index is 14.0. The zero-order valence-electron chi connectivity index (χ0n) is 20.3. The van der Waals surface area contributed by atoms with Crippen molar-refractivity contribution in [2.24, 2.45) is 17.8 Å². The van der Waals surface area contributed by atoms with Crippen molar-refractivity contribution < 1.29 is 19.5 Å². The lowest BCUT2D eigenvalue weighted by molar-refractivity contribution is -0.143. The molecule has 0 saturated carbocycles. The fraction of sp³-hybridized carbons (Fsp3) is 0.654. The highest BCUT2D eigenvalue weighted by molar-refractivity contribution is 8.02. The van der Waals surface area contributed by atoms with Gasteiger partial charge >= 0.3 is 0 Å². The monoisotopic (exact) mass is 487 g/mol. The molecular formula is C26H37N3O4S. The number of amides is 3. The van der Waals surface area contributed by atoms with E-state index in [9.17, 15) is 19.5 Å². The van der Waals surface area contributed by atoms with Crippen LogP contribution in [0.1, 0.15) is 52.0 Å². The second-order valence-corrected chi connectivity index (χ2v) is 11.9. The molecule has 186 valence electrons. The first-order valence-corrected chi connectivity index (χ1v) is 13.4. The smallest absolute Gasteiger partial charge is 0.244 e. The number of thioether (sulfide) groups is 1. The molecule has 3 fully saturated rings. The summed E-state index contributed by atoms with van der Waals surface area (Å²) < 4.78 is -0.624. The molecule has 4 rings (SSSR count). The predicted molar refractivity (Wildman–Crippen MR) is 133 cm³/mol. The number of aliphatic hydroxyl groups excluding tert-OH is 1. The number of nitrogens with zero attached hydrogens (tertiary/aromatic N) is 1. The molecule has 1 aromatic rings. The van der Waals surface area contributed by atoms with E-state index in [-0.39, 0.29) is 35.5 Å². The Balaban J connectivity index is 1.67. The molecule has 0 aromatic heterocycles. The summed E-state index contributed by atoms with van der Waals surface area (Å²) >= 11 is 1.67. The molecule has 0 radical (unpaired) electrons. The quantitative estimate of drug-likeness (QED) is 0.471. The van der Waals surface area contributed by atoms with Crippen molar-refractivity contribution in [3.8, 4) is 0 Å². The van der Waals surface area contributed by atoms with E-state index in [1.807, 2.05) is 51.1 Å². The maximum atomic E-state index is 14.0. The lowest BCUT2D eigenvalue weighted by atomic mass is 9.70. The van der Waals surface area contributed by atoms with Gasteiger partial charge in [-0.2, -0.15) is 0 Å². The Labute approximate surface area is 206 Å². The Morgan fingerprint density at radius 3 is 2.59 bits per heavy atom. The maximum Gasteiger partial charge on any atom is 0.244 e. The van der Waals surface area contributed by atoms with Gasteiger partial charge in [-0.1, -0.05) is 51.1 Å². The van der Waals surface area contributed by atoms with E-state index < -0.39 is 28.7 Å². The third-order valence-electron chi connectivity index (χ3n) is 7.50. The largest absolute Gasteiger partial charge is 0.394 e. The minimum absolute atomic E-state index is 0.0510. The topological polar surface area (TPSA) is 98.7 Å². The van der Waals surface area contributed by atoms with Gasteiger partial charge in [-0.05, 0) is 37.2 Å². The molecule has 3 aliphatic rings. The van der Waals surface area contributed by atoms with Crippen molar-refractivity contribution in [2.45, 2.75) is 75.1 Å². The van der Waals surface area contributed by atoms with E-state index in [0.29, 0.717) is 19.5 Å². The van der Waals surface area contributed by atoms with E-state index in [4.69, 9.17) is 0 Å². The van der Waals surface area contributed by atoms with Crippen molar-refractivity contribution in [3.63, 3.8) is 0 Å². The first-order chi connectivity index (χ1) is 16.3. The lowest BCUT2D eigenvalue weighted by Gasteiger charge is -2.37. The van der Waals surface area contributed by atoms with Crippen molar-refractivity contribution >= 4 is 29.5 Å². The fourth-order valence-corrected chi connectivity index (χ4v) is 8.36. The van der Waals surface area contributed by atoms with Crippen LogP contribution in [0.2, 0.25) is 0 Å². The Morgan fingerprint density at radius 1 is 1.21 bits per heavy atom. The first kappa shape index (κ1) is 25.0. The number of hydrogen-bond donors (Lipinski definition) is 3. The molecule has 8 heteroatoms. The molecule has 0 aliphatic carbocycles. The van der Waals surface area contributed by atoms with Crippen LogP contribution in [-0.2, 0) is 20.9 Å². The molecule has 6 atom stereocenters. The highest BCUT2D eigenvalue weighted by Crippen LogP contribution is 2.66. The summed E-state index contributed by atoms with van der Waals surface area (Å²) in [6, 6.07) is 8.57. The van der Waals surface area contributed by atoms with Crippen LogP contribution in [0.5, 0.6) is 0 Å². The fourth-order valence-electron chi connectivity index (χ4n) is 6.15. The van der Waals surface area contributed by atoms with E-state index in [2.05, 4.69) is 10.6 Å². The van der Waals surface area contributed by atoms with E-state index >= 15 is 0 Å². The van der Waals surface area contributed by atoms with Gasteiger partial charge in [-0.15, -0.1) is 11.8 Å². The summed E-state index contributed by atoms with van der Waals surface area (Å²) in [5, 5.41) is 16.4. The number of carbonyl (C=O) groups is 3. The van der Waals surface area contributed by atoms with Gasteiger partial charge in [-0.3, -0.25) is 14.4 Å². The normalized spacial score (nSPS) is 30.5. The van der Waals surface area contributed by atoms with Gasteiger partial charge in [0.05, 0.1) is 29.2 Å². The van der Waals surface area contributed by atoms with Crippen LogP contribution >= 0.6 is 11.8 Å². The minimum atomic E-state index is -0.691. The molecule has 1 aromatic carbocycles. The van der Waals surface area contributed by atoms with Crippen LogP contribution < -0.4 is 10.6 Å². The summed E-state index contributed by atoms with van der Waals surface area (Å²) in [5.41, 5.74) is 0.988. The molecule has 3 heterocycles. The number of carbonyl (C=O) groups excluding carboxylic acids is 3. The van der Waals surface area contributed by atoms with Crippen molar-refractivity contribution in [1.29, 1.82) is 0 Å². The first-order valence-electron chi connectivity index (χ1n) is 12.5. The third-order valence-corrected chi connectivity index (χ3v) is 9.45. The number of nitrogens with one attached hydrogen (secondary N) is 2. The molecule has 3 amide bonds. The molecule has 3 aliphatic heterocycles. The van der Waals surface area contributed by atoms with Gasteiger partial charge in [0, 0.05) is 18.3 Å².